The van der Waals surface area contributed by atoms with Crippen LogP contribution in [0.5, 0.6) is 5.88 Å². The molecule has 0 aliphatic carbocycles. The largest absolute Gasteiger partial charge is 0.477 e. The topological polar surface area (TPSA) is 59.9 Å². The van der Waals surface area contributed by atoms with Gasteiger partial charge in [-0.1, -0.05) is 62.7 Å². The molecule has 1 aliphatic heterocycles. The molecule has 4 aromatic rings. The minimum Gasteiger partial charge on any atom is -0.477 e. The molecule has 0 saturated carbocycles. The number of fused-ring (bicyclic) bond motifs is 4. The molecule has 5 rings (SSSR count). The number of ether oxygens (including phenoxy) is 1. The van der Waals surface area contributed by atoms with Crippen LogP contribution in [0.3, 0.4) is 0 Å². The summed E-state index contributed by atoms with van der Waals surface area (Å²) >= 11 is 7.63. The molecular weight excluding hydrogens is 543 g/mol. The number of anilines is 1. The van der Waals surface area contributed by atoms with E-state index in [4.69, 9.17) is 26.3 Å². The lowest BCUT2D eigenvalue weighted by molar-refractivity contribution is 0.165. The molecule has 2 unspecified atom stereocenters. The second-order valence-electron chi connectivity index (χ2n) is 11.7. The third-order valence-electron chi connectivity index (χ3n) is 7.17. The first kappa shape index (κ1) is 28.4. The number of hydrogen-bond acceptors (Lipinski definition) is 6. The van der Waals surface area contributed by atoms with Gasteiger partial charge in [-0.15, -0.1) is 0 Å². The quantitative estimate of drug-likeness (QED) is 0.193. The Morgan fingerprint density at radius 1 is 1.00 bits per heavy atom. The Bertz CT molecular complexity index is 1500. The third-order valence-corrected chi connectivity index (χ3v) is 8.16. The summed E-state index contributed by atoms with van der Waals surface area (Å²) in [6, 6.07) is 19.4. The maximum Gasteiger partial charge on any atom is 0.237 e. The van der Waals surface area contributed by atoms with Crippen LogP contribution in [-0.2, 0) is 6.42 Å². The van der Waals surface area contributed by atoms with Crippen molar-refractivity contribution in [1.29, 1.82) is 0 Å². The second kappa shape index (κ2) is 11.8. The van der Waals surface area contributed by atoms with Gasteiger partial charge in [-0.3, -0.25) is 4.72 Å². The van der Waals surface area contributed by atoms with Crippen LogP contribution in [0.15, 0.2) is 65.6 Å². The maximum absolute atomic E-state index is 14.9. The molecule has 4 bridgehead atoms. The molecule has 3 heterocycles. The van der Waals surface area contributed by atoms with Crippen LogP contribution in [0, 0.1) is 31.0 Å². The summed E-state index contributed by atoms with van der Waals surface area (Å²) in [5.74, 6) is 0.635. The Morgan fingerprint density at radius 2 is 1.75 bits per heavy atom. The zero-order valence-electron chi connectivity index (χ0n) is 23.5. The average molecular weight is 577 g/mol. The van der Waals surface area contributed by atoms with E-state index < -0.39 is 0 Å². The van der Waals surface area contributed by atoms with Gasteiger partial charge in [0, 0.05) is 22.4 Å². The molecule has 40 heavy (non-hydrogen) atoms. The molecule has 1 N–H and O–H groups in total. The van der Waals surface area contributed by atoms with Gasteiger partial charge in [0.1, 0.15) is 11.0 Å². The van der Waals surface area contributed by atoms with E-state index in [2.05, 4.69) is 74.7 Å². The first-order chi connectivity index (χ1) is 19.1. The molecule has 0 saturated heterocycles. The van der Waals surface area contributed by atoms with Crippen LogP contribution in [0.25, 0.3) is 11.3 Å². The van der Waals surface area contributed by atoms with Gasteiger partial charge < -0.3 is 4.74 Å². The van der Waals surface area contributed by atoms with Crippen LogP contribution in [0.2, 0.25) is 5.15 Å². The Labute approximate surface area is 245 Å². The Hall–Kier alpha value is -3.16. The highest BCUT2D eigenvalue weighted by atomic mass is 35.5. The molecule has 0 radical (unpaired) electrons. The first-order valence-corrected chi connectivity index (χ1v) is 14.7. The molecular formula is C32H34ClFN4OS. The number of nitrogens with zero attached hydrogens (tertiary/aromatic N) is 3. The van der Waals surface area contributed by atoms with Crippen LogP contribution < -0.4 is 9.46 Å². The van der Waals surface area contributed by atoms with Crippen LogP contribution in [0.1, 0.15) is 55.5 Å². The van der Waals surface area contributed by atoms with Crippen molar-refractivity contribution in [2.75, 3.05) is 11.3 Å². The van der Waals surface area contributed by atoms with Crippen molar-refractivity contribution < 1.29 is 9.13 Å². The number of hydrogen-bond donors (Lipinski definition) is 1. The summed E-state index contributed by atoms with van der Waals surface area (Å²) in [7, 11) is 0. The van der Waals surface area contributed by atoms with Gasteiger partial charge in [0.05, 0.1) is 18.0 Å². The van der Waals surface area contributed by atoms with Gasteiger partial charge in [-0.05, 0) is 90.9 Å². The monoisotopic (exact) mass is 576 g/mol. The summed E-state index contributed by atoms with van der Waals surface area (Å²) in [6.45, 7) is 11.2. The molecule has 5 nitrogen and oxygen atoms in total. The van der Waals surface area contributed by atoms with E-state index in [1.54, 1.807) is 0 Å². The van der Waals surface area contributed by atoms with Crippen LogP contribution in [0.4, 0.5) is 10.3 Å². The number of benzene rings is 2. The fourth-order valence-electron chi connectivity index (χ4n) is 5.47. The van der Waals surface area contributed by atoms with E-state index in [9.17, 15) is 4.39 Å². The Morgan fingerprint density at radius 3 is 2.50 bits per heavy atom. The number of aryl methyl sites for hydroxylation is 2. The second-order valence-corrected chi connectivity index (χ2v) is 12.9. The van der Waals surface area contributed by atoms with Gasteiger partial charge in [0.15, 0.2) is 0 Å². The number of halogens is 2. The summed E-state index contributed by atoms with van der Waals surface area (Å²) in [5, 5.41) is 0.286. The van der Waals surface area contributed by atoms with E-state index in [0.717, 1.165) is 39.3 Å². The van der Waals surface area contributed by atoms with Gasteiger partial charge >= 0.3 is 0 Å². The Kier molecular flexibility index (Phi) is 8.34. The molecule has 0 amide bonds. The average Bonchev–Trinajstić information content (AvgIpc) is 2.89. The molecule has 0 spiro atoms. The highest BCUT2D eigenvalue weighted by molar-refractivity contribution is 8.00. The summed E-state index contributed by atoms with van der Waals surface area (Å²) in [6.07, 6.45) is 1.26. The van der Waals surface area contributed by atoms with E-state index in [-0.39, 0.29) is 28.2 Å². The van der Waals surface area contributed by atoms with Crippen molar-refractivity contribution in [2.45, 2.75) is 58.3 Å². The predicted molar refractivity (Wildman–Crippen MR) is 162 cm³/mol. The Balaban J connectivity index is 1.60. The van der Waals surface area contributed by atoms with Crippen molar-refractivity contribution in [3.05, 3.63) is 94.0 Å². The van der Waals surface area contributed by atoms with Crippen molar-refractivity contribution in [2.24, 2.45) is 11.3 Å². The highest BCUT2D eigenvalue weighted by Gasteiger charge is 2.31. The SMILES string of the molecule is Cc1cccc(C)c1-c1cc2nc(n1)NSc1cccc(c1)C(Cc1nc(Cl)ccc1F)C(CC(C)(C)C)CO2. The van der Waals surface area contributed by atoms with E-state index in [0.29, 0.717) is 30.5 Å². The van der Waals surface area contributed by atoms with Gasteiger partial charge in [0.2, 0.25) is 11.8 Å². The summed E-state index contributed by atoms with van der Waals surface area (Å²) in [5.41, 5.74) is 5.64. The number of aromatic nitrogens is 3. The maximum atomic E-state index is 14.9. The molecule has 1 aliphatic rings. The predicted octanol–water partition coefficient (Wildman–Crippen LogP) is 8.84. The van der Waals surface area contributed by atoms with Gasteiger partial charge in [-0.2, -0.15) is 4.98 Å². The van der Waals surface area contributed by atoms with Crippen molar-refractivity contribution >= 4 is 29.5 Å². The zero-order valence-corrected chi connectivity index (χ0v) is 25.0. The molecule has 2 atom stereocenters. The minimum absolute atomic E-state index is 0.0117. The smallest absolute Gasteiger partial charge is 0.237 e. The fraction of sp³-hybridized carbons (Fsp3) is 0.344. The molecule has 8 heteroatoms. The van der Waals surface area contributed by atoms with Crippen LogP contribution >= 0.6 is 23.5 Å². The normalized spacial score (nSPS) is 17.3. The fourth-order valence-corrected chi connectivity index (χ4v) is 6.27. The minimum atomic E-state index is -0.350. The van der Waals surface area contributed by atoms with E-state index in [1.807, 2.05) is 18.2 Å². The summed E-state index contributed by atoms with van der Waals surface area (Å²) in [4.78, 5) is 14.9. The lowest BCUT2D eigenvalue weighted by Gasteiger charge is -2.33. The van der Waals surface area contributed by atoms with E-state index in [1.165, 1.54) is 24.1 Å². The number of nitrogens with one attached hydrogen (secondary N) is 1. The number of rotatable bonds is 4. The lowest BCUT2D eigenvalue weighted by Crippen LogP contribution is -2.28. The van der Waals surface area contributed by atoms with Crippen molar-refractivity contribution in [1.82, 2.24) is 15.0 Å². The van der Waals surface area contributed by atoms with Crippen molar-refractivity contribution in [3.63, 3.8) is 0 Å². The van der Waals surface area contributed by atoms with Crippen LogP contribution in [-0.4, -0.2) is 21.6 Å². The molecule has 2 aromatic carbocycles. The lowest BCUT2D eigenvalue weighted by atomic mass is 9.74. The van der Waals surface area contributed by atoms with Gasteiger partial charge in [-0.25, -0.2) is 14.4 Å². The highest BCUT2D eigenvalue weighted by Crippen LogP contribution is 2.39. The summed E-state index contributed by atoms with van der Waals surface area (Å²) < 4.78 is 24.7. The molecule has 2 aromatic heterocycles. The number of pyridine rings is 1. The van der Waals surface area contributed by atoms with Gasteiger partial charge in [0.25, 0.3) is 0 Å². The molecule has 0 fully saturated rings. The molecule has 208 valence electrons. The standard InChI is InChI=1S/C32H34ClFN4OS/c1-19-8-6-9-20(2)30(19)27-16-29-37-31(36-27)38-40-23-11-7-10-21(14-23)24(22(18-39-29)17-32(3,4)5)15-26-25(34)12-13-28(33)35-26/h6-14,16,22,24H,15,17-18H2,1-5H3,(H,36,37,38). The zero-order chi connectivity index (χ0) is 28.4. The van der Waals surface area contributed by atoms with Crippen molar-refractivity contribution in [3.8, 4) is 17.1 Å². The third kappa shape index (κ3) is 6.76. The first-order valence-electron chi connectivity index (χ1n) is 13.5. The van der Waals surface area contributed by atoms with E-state index >= 15 is 0 Å².